The van der Waals surface area contributed by atoms with E-state index in [-0.39, 0.29) is 29.8 Å². The lowest BCUT2D eigenvalue weighted by molar-refractivity contribution is -0.116. The van der Waals surface area contributed by atoms with Gasteiger partial charge in [0, 0.05) is 18.2 Å². The van der Waals surface area contributed by atoms with Crippen molar-refractivity contribution in [1.29, 1.82) is 0 Å². The lowest BCUT2D eigenvalue weighted by Gasteiger charge is -2.23. The standard InChI is InChI=1S/C15H24N2O.ClH/c1-11(16)9-10-14(18)17-13-8-6-5-7-12(13)15(2,3)4;/h5-8,11H,9-10,16H2,1-4H3,(H,17,18);1H. The minimum absolute atomic E-state index is 0. The first-order chi connectivity index (χ1) is 8.30. The van der Waals surface area contributed by atoms with Gasteiger partial charge in [-0.3, -0.25) is 4.79 Å². The summed E-state index contributed by atoms with van der Waals surface area (Å²) in [7, 11) is 0. The molecule has 19 heavy (non-hydrogen) atoms. The van der Waals surface area contributed by atoms with Gasteiger partial charge in [0.15, 0.2) is 0 Å². The predicted octanol–water partition coefficient (Wildman–Crippen LogP) is 3.47. The van der Waals surface area contributed by atoms with Crippen LogP contribution in [0.4, 0.5) is 5.69 Å². The highest BCUT2D eigenvalue weighted by molar-refractivity contribution is 5.91. The molecule has 0 aliphatic carbocycles. The van der Waals surface area contributed by atoms with Crippen LogP contribution in [0.3, 0.4) is 0 Å². The van der Waals surface area contributed by atoms with Crippen molar-refractivity contribution in [2.24, 2.45) is 5.73 Å². The Bertz CT molecular complexity index is 411. The van der Waals surface area contributed by atoms with Crippen LogP contribution in [0.2, 0.25) is 0 Å². The highest BCUT2D eigenvalue weighted by Gasteiger charge is 2.18. The molecule has 3 nitrogen and oxygen atoms in total. The Hall–Kier alpha value is -1.06. The van der Waals surface area contributed by atoms with Crippen molar-refractivity contribution in [1.82, 2.24) is 0 Å². The Kier molecular flexibility index (Phi) is 7.09. The summed E-state index contributed by atoms with van der Waals surface area (Å²) in [6.45, 7) is 8.33. The van der Waals surface area contributed by atoms with Gasteiger partial charge in [-0.25, -0.2) is 0 Å². The number of hydrogen-bond donors (Lipinski definition) is 2. The molecule has 4 heteroatoms. The molecule has 108 valence electrons. The van der Waals surface area contributed by atoms with Crippen LogP contribution in [-0.4, -0.2) is 11.9 Å². The van der Waals surface area contributed by atoms with Crippen LogP contribution >= 0.6 is 12.4 Å². The molecule has 0 aliphatic heterocycles. The third kappa shape index (κ3) is 6.08. The first kappa shape index (κ1) is 17.9. The predicted molar refractivity (Wildman–Crippen MR) is 83.9 cm³/mol. The normalized spacial score (nSPS) is 12.5. The van der Waals surface area contributed by atoms with E-state index < -0.39 is 0 Å². The van der Waals surface area contributed by atoms with Crippen molar-refractivity contribution in [2.75, 3.05) is 5.32 Å². The van der Waals surface area contributed by atoms with E-state index in [1.807, 2.05) is 25.1 Å². The number of hydrogen-bond acceptors (Lipinski definition) is 2. The number of nitrogens with one attached hydrogen (secondary N) is 1. The van der Waals surface area contributed by atoms with Gasteiger partial charge >= 0.3 is 0 Å². The van der Waals surface area contributed by atoms with Crippen LogP contribution in [0.25, 0.3) is 0 Å². The molecule has 1 unspecified atom stereocenters. The summed E-state index contributed by atoms with van der Waals surface area (Å²) >= 11 is 0. The summed E-state index contributed by atoms with van der Waals surface area (Å²) in [4.78, 5) is 11.8. The fourth-order valence-corrected chi connectivity index (χ4v) is 1.82. The van der Waals surface area contributed by atoms with E-state index >= 15 is 0 Å². The Morgan fingerprint density at radius 1 is 1.32 bits per heavy atom. The van der Waals surface area contributed by atoms with Gasteiger partial charge < -0.3 is 11.1 Å². The maximum absolute atomic E-state index is 11.8. The van der Waals surface area contributed by atoms with Crippen LogP contribution in [0, 0.1) is 0 Å². The van der Waals surface area contributed by atoms with Gasteiger partial charge in [-0.15, -0.1) is 12.4 Å². The minimum atomic E-state index is 0. The van der Waals surface area contributed by atoms with Crippen molar-refractivity contribution < 1.29 is 4.79 Å². The molecule has 0 bridgehead atoms. The second-order valence-electron chi connectivity index (χ2n) is 5.86. The molecular formula is C15H25ClN2O. The summed E-state index contributed by atoms with van der Waals surface area (Å²) in [5.41, 5.74) is 7.73. The van der Waals surface area contributed by atoms with Crippen molar-refractivity contribution >= 4 is 24.0 Å². The highest BCUT2D eigenvalue weighted by Crippen LogP contribution is 2.29. The largest absolute Gasteiger partial charge is 0.328 e. The van der Waals surface area contributed by atoms with Crippen molar-refractivity contribution in [3.63, 3.8) is 0 Å². The van der Waals surface area contributed by atoms with Gasteiger partial charge in [0.2, 0.25) is 5.91 Å². The van der Waals surface area contributed by atoms with E-state index in [1.165, 1.54) is 0 Å². The molecule has 0 radical (unpaired) electrons. The summed E-state index contributed by atoms with van der Waals surface area (Å²) in [5, 5.41) is 2.98. The molecule has 0 aliphatic rings. The van der Waals surface area contributed by atoms with Gasteiger partial charge in [0.1, 0.15) is 0 Å². The van der Waals surface area contributed by atoms with Crippen molar-refractivity contribution in [2.45, 2.75) is 52.0 Å². The van der Waals surface area contributed by atoms with E-state index in [2.05, 4.69) is 32.2 Å². The van der Waals surface area contributed by atoms with Crippen molar-refractivity contribution in [3.8, 4) is 0 Å². The molecule has 0 saturated heterocycles. The number of amides is 1. The zero-order chi connectivity index (χ0) is 13.8. The van der Waals surface area contributed by atoms with Crippen LogP contribution in [0.1, 0.15) is 46.1 Å². The monoisotopic (exact) mass is 284 g/mol. The SMILES string of the molecule is CC(N)CCC(=O)Nc1ccccc1C(C)(C)C.Cl. The fourth-order valence-electron chi connectivity index (χ4n) is 1.82. The summed E-state index contributed by atoms with van der Waals surface area (Å²) < 4.78 is 0. The number of para-hydroxylation sites is 1. The zero-order valence-electron chi connectivity index (χ0n) is 12.2. The van der Waals surface area contributed by atoms with Gasteiger partial charge in [-0.2, -0.15) is 0 Å². The quantitative estimate of drug-likeness (QED) is 0.889. The third-order valence-corrected chi connectivity index (χ3v) is 2.84. The number of rotatable bonds is 4. The van der Waals surface area contributed by atoms with Crippen LogP contribution in [-0.2, 0) is 10.2 Å². The van der Waals surface area contributed by atoms with Gasteiger partial charge in [-0.05, 0) is 30.4 Å². The number of benzene rings is 1. The second kappa shape index (κ2) is 7.51. The average molecular weight is 285 g/mol. The van der Waals surface area contributed by atoms with Crippen LogP contribution in [0.5, 0.6) is 0 Å². The molecule has 1 rings (SSSR count). The van der Waals surface area contributed by atoms with Crippen LogP contribution < -0.4 is 11.1 Å². The van der Waals surface area contributed by atoms with E-state index in [4.69, 9.17) is 5.73 Å². The lowest BCUT2D eigenvalue weighted by atomic mass is 9.86. The number of halogens is 1. The molecule has 0 fully saturated rings. The van der Waals surface area contributed by atoms with E-state index in [0.29, 0.717) is 12.8 Å². The third-order valence-electron chi connectivity index (χ3n) is 2.84. The molecule has 1 amide bonds. The fraction of sp³-hybridized carbons (Fsp3) is 0.533. The lowest BCUT2D eigenvalue weighted by Crippen LogP contribution is -2.21. The maximum atomic E-state index is 11.8. The number of nitrogens with two attached hydrogens (primary N) is 1. The van der Waals surface area contributed by atoms with Crippen molar-refractivity contribution in [3.05, 3.63) is 29.8 Å². The van der Waals surface area contributed by atoms with Gasteiger partial charge in [-0.1, -0.05) is 39.0 Å². The highest BCUT2D eigenvalue weighted by atomic mass is 35.5. The molecule has 0 aromatic heterocycles. The number of anilines is 1. The average Bonchev–Trinajstić information content (AvgIpc) is 2.25. The maximum Gasteiger partial charge on any atom is 0.224 e. The molecule has 1 aromatic carbocycles. The summed E-state index contributed by atoms with van der Waals surface area (Å²) in [5.74, 6) is 0.0315. The number of carbonyl (C=O) groups excluding carboxylic acids is 1. The molecule has 1 aromatic rings. The molecule has 0 heterocycles. The summed E-state index contributed by atoms with van der Waals surface area (Å²) in [6, 6.07) is 8.01. The molecule has 0 spiro atoms. The second-order valence-corrected chi connectivity index (χ2v) is 5.86. The Labute approximate surface area is 122 Å². The first-order valence-electron chi connectivity index (χ1n) is 6.45. The zero-order valence-corrected chi connectivity index (χ0v) is 13.0. The smallest absolute Gasteiger partial charge is 0.224 e. The van der Waals surface area contributed by atoms with Gasteiger partial charge in [0.25, 0.3) is 0 Å². The molecule has 0 saturated carbocycles. The molecule has 3 N–H and O–H groups in total. The van der Waals surface area contributed by atoms with E-state index in [0.717, 1.165) is 11.3 Å². The Morgan fingerprint density at radius 3 is 2.42 bits per heavy atom. The summed E-state index contributed by atoms with van der Waals surface area (Å²) in [6.07, 6.45) is 1.18. The van der Waals surface area contributed by atoms with Gasteiger partial charge in [0.05, 0.1) is 0 Å². The number of carbonyl (C=O) groups is 1. The van der Waals surface area contributed by atoms with E-state index in [1.54, 1.807) is 0 Å². The molecular weight excluding hydrogens is 260 g/mol. The minimum Gasteiger partial charge on any atom is -0.328 e. The molecule has 1 atom stereocenters. The Morgan fingerprint density at radius 2 is 1.89 bits per heavy atom. The first-order valence-corrected chi connectivity index (χ1v) is 6.45. The topological polar surface area (TPSA) is 55.1 Å². The Balaban J connectivity index is 0.00000324. The van der Waals surface area contributed by atoms with Crippen LogP contribution in [0.15, 0.2) is 24.3 Å². The van der Waals surface area contributed by atoms with E-state index in [9.17, 15) is 4.79 Å².